The van der Waals surface area contributed by atoms with Crippen LogP contribution in [0.4, 0.5) is 4.39 Å². The predicted molar refractivity (Wildman–Crippen MR) is 80.9 cm³/mol. The highest BCUT2D eigenvalue weighted by Gasteiger charge is 2.28. The second kappa shape index (κ2) is 7.04. The average Bonchev–Trinajstić information content (AvgIpc) is 2.37. The van der Waals surface area contributed by atoms with Gasteiger partial charge in [0.1, 0.15) is 5.82 Å². The van der Waals surface area contributed by atoms with Crippen molar-refractivity contribution in [1.29, 1.82) is 0 Å². The van der Waals surface area contributed by atoms with Crippen molar-refractivity contribution in [3.63, 3.8) is 0 Å². The van der Waals surface area contributed by atoms with E-state index in [2.05, 4.69) is 24.5 Å². The highest BCUT2D eigenvalue weighted by Crippen LogP contribution is 2.17. The fourth-order valence-electron chi connectivity index (χ4n) is 2.63. The maximum atomic E-state index is 13.2. The Kier molecular flexibility index (Phi) is 5.96. The van der Waals surface area contributed by atoms with Crippen LogP contribution >= 0.6 is 12.4 Å². The zero-order valence-electron chi connectivity index (χ0n) is 12.1. The summed E-state index contributed by atoms with van der Waals surface area (Å²) < 4.78 is 13.2. The molecule has 3 unspecified atom stereocenters. The van der Waals surface area contributed by atoms with Gasteiger partial charge in [-0.05, 0) is 56.5 Å². The van der Waals surface area contributed by atoms with Crippen molar-refractivity contribution in [2.24, 2.45) is 5.92 Å². The summed E-state index contributed by atoms with van der Waals surface area (Å²) >= 11 is 0. The predicted octanol–water partition coefficient (Wildman–Crippen LogP) is 2.67. The third-order valence-corrected chi connectivity index (χ3v) is 3.94. The first-order chi connectivity index (χ1) is 8.99. The molecule has 1 heterocycles. The molecule has 0 radical (unpaired) electrons. The van der Waals surface area contributed by atoms with Crippen LogP contribution in [0.25, 0.3) is 0 Å². The van der Waals surface area contributed by atoms with E-state index in [9.17, 15) is 9.18 Å². The molecule has 3 nitrogen and oxygen atoms in total. The number of nitrogens with one attached hydrogen (secondary N) is 2. The van der Waals surface area contributed by atoms with Gasteiger partial charge in [-0.25, -0.2) is 4.39 Å². The summed E-state index contributed by atoms with van der Waals surface area (Å²) in [7, 11) is 0. The van der Waals surface area contributed by atoms with E-state index in [1.807, 2.05) is 0 Å². The first kappa shape index (κ1) is 16.9. The lowest BCUT2D eigenvalue weighted by Gasteiger charge is -2.36. The number of halogens is 2. The highest BCUT2D eigenvalue weighted by molar-refractivity contribution is 5.94. The second-order valence-electron chi connectivity index (χ2n) is 5.47. The van der Waals surface area contributed by atoms with Gasteiger partial charge in [0.05, 0.1) is 0 Å². The minimum atomic E-state index is -0.280. The van der Waals surface area contributed by atoms with Crippen molar-refractivity contribution in [1.82, 2.24) is 10.6 Å². The summed E-state index contributed by atoms with van der Waals surface area (Å²) in [5.41, 5.74) is 1.01. The van der Waals surface area contributed by atoms with E-state index in [-0.39, 0.29) is 36.2 Å². The molecule has 1 amide bonds. The maximum Gasteiger partial charge on any atom is 0.251 e. The lowest BCUT2D eigenvalue weighted by molar-refractivity contribution is 0.0897. The molecule has 0 aliphatic carbocycles. The Hall–Kier alpha value is -1.13. The van der Waals surface area contributed by atoms with Gasteiger partial charge in [0.15, 0.2) is 0 Å². The van der Waals surface area contributed by atoms with Gasteiger partial charge in [0.25, 0.3) is 5.91 Å². The SMILES string of the molecule is Cc1cc(C(=O)NC2C(C)CCNC2C)ccc1F.Cl. The van der Waals surface area contributed by atoms with Crippen molar-refractivity contribution in [2.75, 3.05) is 6.54 Å². The molecule has 1 aromatic rings. The summed E-state index contributed by atoms with van der Waals surface area (Å²) in [5, 5.41) is 6.42. The molecule has 0 bridgehead atoms. The lowest BCUT2D eigenvalue weighted by Crippen LogP contribution is -2.55. The van der Waals surface area contributed by atoms with Crippen LogP contribution in [0.3, 0.4) is 0 Å². The molecule has 0 spiro atoms. The quantitative estimate of drug-likeness (QED) is 0.882. The third kappa shape index (κ3) is 3.70. The number of aryl methyl sites for hydroxylation is 1. The molecule has 1 aliphatic rings. The van der Waals surface area contributed by atoms with Gasteiger partial charge in [-0.1, -0.05) is 6.92 Å². The first-order valence-electron chi connectivity index (χ1n) is 6.79. The molecule has 20 heavy (non-hydrogen) atoms. The van der Waals surface area contributed by atoms with E-state index in [1.165, 1.54) is 12.1 Å². The van der Waals surface area contributed by atoms with Crippen molar-refractivity contribution in [3.05, 3.63) is 35.1 Å². The smallest absolute Gasteiger partial charge is 0.251 e. The van der Waals surface area contributed by atoms with Crippen molar-refractivity contribution < 1.29 is 9.18 Å². The van der Waals surface area contributed by atoms with Crippen molar-refractivity contribution in [2.45, 2.75) is 39.3 Å². The molecule has 2 rings (SSSR count). The second-order valence-corrected chi connectivity index (χ2v) is 5.47. The van der Waals surface area contributed by atoms with Gasteiger partial charge in [-0.3, -0.25) is 4.79 Å². The molecule has 1 aromatic carbocycles. The van der Waals surface area contributed by atoms with Crippen LogP contribution in [0.2, 0.25) is 0 Å². The van der Waals surface area contributed by atoms with E-state index in [0.717, 1.165) is 13.0 Å². The van der Waals surface area contributed by atoms with E-state index in [1.54, 1.807) is 13.0 Å². The zero-order valence-corrected chi connectivity index (χ0v) is 12.9. The molecule has 112 valence electrons. The Balaban J connectivity index is 0.00000200. The molecule has 1 saturated heterocycles. The van der Waals surface area contributed by atoms with Crippen LogP contribution in [-0.4, -0.2) is 24.5 Å². The summed E-state index contributed by atoms with van der Waals surface area (Å²) in [6, 6.07) is 4.84. The average molecular weight is 301 g/mol. The van der Waals surface area contributed by atoms with Gasteiger partial charge in [-0.15, -0.1) is 12.4 Å². The zero-order chi connectivity index (χ0) is 14.0. The molecule has 5 heteroatoms. The van der Waals surface area contributed by atoms with E-state index >= 15 is 0 Å². The third-order valence-electron chi connectivity index (χ3n) is 3.94. The lowest BCUT2D eigenvalue weighted by atomic mass is 9.89. The number of piperidine rings is 1. The number of hydrogen-bond donors (Lipinski definition) is 2. The molecule has 3 atom stereocenters. The van der Waals surface area contributed by atoms with Gasteiger partial charge in [-0.2, -0.15) is 0 Å². The maximum absolute atomic E-state index is 13.2. The molecular weight excluding hydrogens is 279 g/mol. The summed E-state index contributed by atoms with van der Waals surface area (Å²) in [6.45, 7) is 6.89. The number of carbonyl (C=O) groups excluding carboxylic acids is 1. The topological polar surface area (TPSA) is 41.1 Å². The summed E-state index contributed by atoms with van der Waals surface area (Å²) in [5.74, 6) is 0.0369. The van der Waals surface area contributed by atoms with Crippen molar-refractivity contribution in [3.8, 4) is 0 Å². The molecule has 0 aromatic heterocycles. The fraction of sp³-hybridized carbons (Fsp3) is 0.533. The summed E-state index contributed by atoms with van der Waals surface area (Å²) in [6.07, 6.45) is 1.05. The number of amides is 1. The summed E-state index contributed by atoms with van der Waals surface area (Å²) in [4.78, 5) is 12.2. The number of rotatable bonds is 2. The Morgan fingerprint density at radius 3 is 2.70 bits per heavy atom. The number of benzene rings is 1. The largest absolute Gasteiger partial charge is 0.347 e. The van der Waals surface area contributed by atoms with E-state index < -0.39 is 0 Å². The van der Waals surface area contributed by atoms with Crippen LogP contribution in [-0.2, 0) is 0 Å². The van der Waals surface area contributed by atoms with Gasteiger partial charge in [0, 0.05) is 17.6 Å². The molecule has 1 aliphatic heterocycles. The Labute approximate surface area is 125 Å². The fourth-order valence-corrected chi connectivity index (χ4v) is 2.63. The van der Waals surface area contributed by atoms with Crippen LogP contribution in [0.5, 0.6) is 0 Å². The van der Waals surface area contributed by atoms with Gasteiger partial charge >= 0.3 is 0 Å². The van der Waals surface area contributed by atoms with Gasteiger partial charge < -0.3 is 10.6 Å². The first-order valence-corrected chi connectivity index (χ1v) is 6.79. The van der Waals surface area contributed by atoms with Crippen molar-refractivity contribution >= 4 is 18.3 Å². The van der Waals surface area contributed by atoms with E-state index in [4.69, 9.17) is 0 Å². The monoisotopic (exact) mass is 300 g/mol. The van der Waals surface area contributed by atoms with Crippen LogP contribution in [0.1, 0.15) is 36.2 Å². The highest BCUT2D eigenvalue weighted by atomic mass is 35.5. The molecule has 2 N–H and O–H groups in total. The Morgan fingerprint density at radius 1 is 1.40 bits per heavy atom. The molecule has 0 saturated carbocycles. The molecular formula is C15H22ClFN2O. The van der Waals surface area contributed by atoms with Crippen LogP contribution < -0.4 is 10.6 Å². The number of carbonyl (C=O) groups is 1. The van der Waals surface area contributed by atoms with Crippen LogP contribution in [0.15, 0.2) is 18.2 Å². The minimum Gasteiger partial charge on any atom is -0.347 e. The Morgan fingerprint density at radius 2 is 2.10 bits per heavy atom. The van der Waals surface area contributed by atoms with E-state index in [0.29, 0.717) is 17.0 Å². The minimum absolute atomic E-state index is 0. The van der Waals surface area contributed by atoms with Crippen LogP contribution in [0, 0.1) is 18.7 Å². The Bertz CT molecular complexity index is 471. The normalized spacial score (nSPS) is 25.7. The standard InChI is InChI=1S/C15H21FN2O.ClH/c1-9-6-7-17-11(3)14(9)18-15(19)12-4-5-13(16)10(2)8-12;/h4-5,8-9,11,14,17H,6-7H2,1-3H3,(H,18,19);1H. The number of hydrogen-bond acceptors (Lipinski definition) is 2. The molecule has 1 fully saturated rings. The van der Waals surface area contributed by atoms with Gasteiger partial charge in [0.2, 0.25) is 0 Å².